The first kappa shape index (κ1) is 5.28. The van der Waals surface area contributed by atoms with Crippen LogP contribution in [0.25, 0.3) is 0 Å². The summed E-state index contributed by atoms with van der Waals surface area (Å²) in [5.41, 5.74) is 0. The van der Waals surface area contributed by atoms with Gasteiger partial charge in [-0.1, -0.05) is 0 Å². The molecule has 1 aliphatic heterocycles. The summed E-state index contributed by atoms with van der Waals surface area (Å²) in [6.45, 7) is 0.245. The summed E-state index contributed by atoms with van der Waals surface area (Å²) in [5.74, 6) is 0. The molecule has 5 heteroatoms. The molecule has 1 rings (SSSR count). The van der Waals surface area contributed by atoms with Gasteiger partial charge in [-0.05, 0) is 0 Å². The number of rotatable bonds is 1. The monoisotopic (exact) mass is 111 g/mol. The van der Waals surface area contributed by atoms with E-state index in [0.29, 0.717) is 0 Å². The fraction of sp³-hybridized carbons (Fsp3) is 0.667. The zero-order valence-electron chi connectivity index (χ0n) is 4.13. The van der Waals surface area contributed by atoms with Crippen molar-refractivity contribution in [3.05, 3.63) is 0 Å². The number of hydrogen-bond acceptors (Lipinski definition) is 3. The molecule has 1 fully saturated rings. The number of ether oxygens (including phenoxy) is 1. The van der Waals surface area contributed by atoms with Crippen molar-refractivity contribution >= 4 is 13.7 Å². The van der Waals surface area contributed by atoms with E-state index in [-0.39, 0.29) is 12.8 Å². The van der Waals surface area contributed by atoms with Crippen molar-refractivity contribution in [1.29, 1.82) is 0 Å². The molecule has 1 N–H and O–H groups in total. The number of amides is 1. The van der Waals surface area contributed by atoms with Crippen LogP contribution in [0, 0.1) is 0 Å². The van der Waals surface area contributed by atoms with Crippen molar-refractivity contribution < 1.29 is 9.53 Å². The molecule has 0 bridgehead atoms. The quantitative estimate of drug-likeness (QED) is 0.459. The van der Waals surface area contributed by atoms with Crippen LogP contribution in [-0.4, -0.2) is 26.5 Å². The Kier molecular flexibility index (Phi) is 1.28. The van der Waals surface area contributed by atoms with Gasteiger partial charge in [0, 0.05) is 0 Å². The molecule has 41 valence electrons. The maximum atomic E-state index is 10.2. The van der Waals surface area contributed by atoms with Crippen LogP contribution in [0.4, 0.5) is 4.79 Å². The minimum absolute atomic E-state index is 0.245. The number of alkyl carbamates (subject to hydrolysis) is 1. The van der Waals surface area contributed by atoms with Gasteiger partial charge >= 0.3 is 46.2 Å². The van der Waals surface area contributed by atoms with Gasteiger partial charge in [-0.25, -0.2) is 0 Å². The molecule has 1 aliphatic rings. The Morgan fingerprint density at radius 3 is 3.00 bits per heavy atom. The van der Waals surface area contributed by atoms with E-state index in [1.54, 1.807) is 0 Å². The van der Waals surface area contributed by atoms with Crippen molar-refractivity contribution in [2.75, 3.05) is 6.61 Å². The van der Waals surface area contributed by atoms with Crippen molar-refractivity contribution in [3.8, 4) is 0 Å². The molecule has 0 unspecified atom stereocenters. The second-order valence-corrected chi connectivity index (χ2v) is 1.41. The van der Waals surface area contributed by atoms with Gasteiger partial charge in [-0.3, -0.25) is 0 Å². The van der Waals surface area contributed by atoms with Crippen LogP contribution in [0.3, 0.4) is 0 Å². The van der Waals surface area contributed by atoms with E-state index in [1.807, 2.05) is 0 Å². The van der Waals surface area contributed by atoms with Crippen LogP contribution in [0.15, 0.2) is 4.90 Å². The Balaban J connectivity index is 2.43. The van der Waals surface area contributed by atoms with Gasteiger partial charge < -0.3 is 0 Å². The number of carbonyl (C=O) groups is 1. The van der Waals surface area contributed by atoms with Crippen molar-refractivity contribution in [2.24, 2.45) is 4.90 Å². The summed E-state index contributed by atoms with van der Waals surface area (Å²) in [6.07, 6.45) is -0.799. The number of carbonyl (C=O) groups excluding carboxylic acids is 1. The summed E-state index contributed by atoms with van der Waals surface area (Å²) in [5, 5.41) is 2.35. The Morgan fingerprint density at radius 2 is 2.75 bits per heavy atom. The fourth-order valence-electron chi connectivity index (χ4n) is 0.454. The summed E-state index contributed by atoms with van der Waals surface area (Å²) >= 11 is 0. The van der Waals surface area contributed by atoms with Crippen LogP contribution in [0.2, 0.25) is 0 Å². The number of nitrogens with zero attached hydrogens (tertiary/aromatic N) is 1. The van der Waals surface area contributed by atoms with E-state index in [2.05, 4.69) is 14.9 Å². The molecule has 1 atom stereocenters. The molecule has 4 nitrogen and oxygen atoms in total. The molecule has 0 aromatic carbocycles. The van der Waals surface area contributed by atoms with E-state index >= 15 is 0 Å². The van der Waals surface area contributed by atoms with E-state index in [9.17, 15) is 4.79 Å². The first-order valence-corrected chi connectivity index (χ1v) is 2.16. The molecule has 1 radical (unpaired) electrons. The standard InChI is InChI=1S/C3H4BN2O2/c4-6-2-1-8-3(7)5-2/h2H,1H2,(H,5,7)/t2-/m1/s1. The van der Waals surface area contributed by atoms with E-state index < -0.39 is 6.09 Å². The normalized spacial score (nSPS) is 26.4. The molecular formula is C3H4BN2O2. The Bertz CT molecular complexity index is 126. The minimum atomic E-state index is -0.454. The van der Waals surface area contributed by atoms with E-state index in [4.69, 9.17) is 7.64 Å². The van der Waals surface area contributed by atoms with Crippen molar-refractivity contribution in [2.45, 2.75) is 6.17 Å². The zero-order valence-corrected chi connectivity index (χ0v) is 4.13. The average molecular weight is 111 g/mol. The third-order valence-corrected chi connectivity index (χ3v) is 0.837. The second-order valence-electron chi connectivity index (χ2n) is 1.41. The van der Waals surface area contributed by atoms with Gasteiger partial charge in [0.1, 0.15) is 0 Å². The van der Waals surface area contributed by atoms with Gasteiger partial charge in [-0.15, -0.1) is 0 Å². The Labute approximate surface area is 47.3 Å². The molecule has 0 aromatic heterocycles. The van der Waals surface area contributed by atoms with Crippen LogP contribution >= 0.6 is 0 Å². The third-order valence-electron chi connectivity index (χ3n) is 0.837. The molecule has 0 aromatic rings. The number of cyclic esters (lactones) is 1. The molecule has 0 spiro atoms. The van der Waals surface area contributed by atoms with Crippen molar-refractivity contribution in [3.63, 3.8) is 0 Å². The topological polar surface area (TPSA) is 50.7 Å². The average Bonchev–Trinajstić information content (AvgIpc) is 2.14. The molecule has 8 heavy (non-hydrogen) atoms. The first-order valence-electron chi connectivity index (χ1n) is 2.16. The maximum absolute atomic E-state index is 10.2. The summed E-state index contributed by atoms with van der Waals surface area (Å²) in [7, 11) is 4.83. The van der Waals surface area contributed by atoms with Gasteiger partial charge in [0.2, 0.25) is 0 Å². The van der Waals surface area contributed by atoms with Gasteiger partial charge in [0.25, 0.3) is 0 Å². The number of nitrogens with one attached hydrogen (secondary N) is 1. The second kappa shape index (κ2) is 1.94. The van der Waals surface area contributed by atoms with Crippen LogP contribution in [0.5, 0.6) is 0 Å². The molecule has 1 amide bonds. The Hall–Kier alpha value is -0.865. The molecule has 1 heterocycles. The van der Waals surface area contributed by atoms with Gasteiger partial charge in [0.15, 0.2) is 0 Å². The summed E-state index contributed by atoms with van der Waals surface area (Å²) in [4.78, 5) is 13.4. The first-order chi connectivity index (χ1) is 3.83. The number of hydrogen-bond donors (Lipinski definition) is 1. The zero-order chi connectivity index (χ0) is 5.98. The van der Waals surface area contributed by atoms with Crippen LogP contribution in [-0.2, 0) is 4.74 Å². The summed E-state index contributed by atoms with van der Waals surface area (Å²) in [6, 6.07) is 0. The SMILES string of the molecule is [B]=N[C@@H]1COC(=O)N1. The molecule has 0 saturated carbocycles. The third kappa shape index (κ3) is 0.855. The van der Waals surface area contributed by atoms with Gasteiger partial charge in [-0.2, -0.15) is 0 Å². The molecule has 1 saturated heterocycles. The predicted octanol–water partition coefficient (Wildman–Crippen LogP) is -0.596. The van der Waals surface area contributed by atoms with E-state index in [0.717, 1.165) is 0 Å². The Morgan fingerprint density at radius 1 is 2.00 bits per heavy atom. The predicted molar refractivity (Wildman–Crippen MR) is 26.5 cm³/mol. The van der Waals surface area contributed by atoms with Crippen LogP contribution < -0.4 is 5.32 Å². The van der Waals surface area contributed by atoms with Crippen molar-refractivity contribution in [1.82, 2.24) is 5.32 Å². The molecule has 0 aliphatic carbocycles. The van der Waals surface area contributed by atoms with Crippen LogP contribution in [0.1, 0.15) is 0 Å². The fourth-order valence-corrected chi connectivity index (χ4v) is 0.454. The molecular weight excluding hydrogens is 107 g/mol. The van der Waals surface area contributed by atoms with E-state index in [1.165, 1.54) is 0 Å². The van der Waals surface area contributed by atoms with Gasteiger partial charge in [0.05, 0.1) is 0 Å². The summed E-state index contributed by atoms with van der Waals surface area (Å²) < 4.78 is 4.43.